The van der Waals surface area contributed by atoms with E-state index in [-0.39, 0.29) is 41.8 Å². The lowest BCUT2D eigenvalue weighted by Gasteiger charge is -2.38. The van der Waals surface area contributed by atoms with E-state index < -0.39 is 11.9 Å². The third-order valence-corrected chi connectivity index (χ3v) is 6.34. The van der Waals surface area contributed by atoms with Gasteiger partial charge in [-0.05, 0) is 43.0 Å². The van der Waals surface area contributed by atoms with Crippen molar-refractivity contribution in [1.82, 2.24) is 0 Å². The van der Waals surface area contributed by atoms with Crippen molar-refractivity contribution in [1.29, 1.82) is 0 Å². The van der Waals surface area contributed by atoms with E-state index in [1.807, 2.05) is 39.0 Å². The molecule has 0 fully saturated rings. The van der Waals surface area contributed by atoms with E-state index in [9.17, 15) is 14.4 Å². The van der Waals surface area contributed by atoms with Crippen LogP contribution >= 0.6 is 0 Å². The number of rotatable bonds is 7. The number of nitrogens with one attached hydrogen (secondary N) is 1. The summed E-state index contributed by atoms with van der Waals surface area (Å²) in [7, 11) is 0. The normalized spacial score (nSPS) is 18.6. The first-order valence-corrected chi connectivity index (χ1v) is 12.3. The first kappa shape index (κ1) is 26.0. The van der Waals surface area contributed by atoms with Gasteiger partial charge in [-0.3, -0.25) is 9.59 Å². The Morgan fingerprint density at radius 3 is 2.62 bits per heavy atom. The van der Waals surface area contributed by atoms with E-state index in [2.05, 4.69) is 5.32 Å². The highest BCUT2D eigenvalue weighted by Gasteiger charge is 2.45. The molecule has 0 radical (unpaired) electrons. The molecule has 1 aliphatic heterocycles. The van der Waals surface area contributed by atoms with Crippen LogP contribution in [0.5, 0.6) is 5.75 Å². The van der Waals surface area contributed by atoms with Crippen LogP contribution in [0.4, 0.5) is 5.69 Å². The van der Waals surface area contributed by atoms with E-state index in [0.717, 1.165) is 5.56 Å². The summed E-state index contributed by atoms with van der Waals surface area (Å²) >= 11 is 0. The molecular weight excluding hydrogens is 472 g/mol. The zero-order chi connectivity index (χ0) is 26.7. The van der Waals surface area contributed by atoms with Crippen molar-refractivity contribution in [2.24, 2.45) is 11.1 Å². The molecule has 194 valence electrons. The molecule has 0 saturated carbocycles. The smallest absolute Gasteiger partial charge is 0.340 e. The Morgan fingerprint density at radius 2 is 1.89 bits per heavy atom. The summed E-state index contributed by atoms with van der Waals surface area (Å²) in [5.74, 6) is -1.28. The molecular formula is C29H32N2O6. The molecule has 1 unspecified atom stereocenters. The van der Waals surface area contributed by atoms with Gasteiger partial charge < -0.3 is 25.3 Å². The fraction of sp³-hybridized carbons (Fsp3) is 0.345. The lowest BCUT2D eigenvalue weighted by atomic mass is 9.70. The lowest BCUT2D eigenvalue weighted by molar-refractivity contribution is -0.139. The summed E-state index contributed by atoms with van der Waals surface area (Å²) in [5.41, 5.74) is 8.57. The molecule has 0 saturated heterocycles. The van der Waals surface area contributed by atoms with Gasteiger partial charge >= 0.3 is 5.97 Å². The second kappa shape index (κ2) is 10.5. The van der Waals surface area contributed by atoms with Crippen LogP contribution in [0, 0.1) is 12.3 Å². The van der Waals surface area contributed by atoms with Gasteiger partial charge in [0.05, 0.1) is 12.5 Å². The minimum Gasteiger partial charge on any atom is -0.483 e. The van der Waals surface area contributed by atoms with Crippen molar-refractivity contribution < 1.29 is 28.6 Å². The standard InChI is InChI=1S/C29H32N2O6/c1-5-35-28(34)26-24(25-20(32)14-29(3,4)15-22(25)37-27(26)30)19-11-6-7-12-21(19)36-16-23(33)31-18-10-8-9-17(2)13-18/h6-13,24H,5,14-16,30H2,1-4H3,(H,31,33). The molecule has 1 amide bonds. The number of allylic oxidation sites excluding steroid dienone is 2. The molecule has 8 nitrogen and oxygen atoms in total. The number of amides is 1. The summed E-state index contributed by atoms with van der Waals surface area (Å²) in [6, 6.07) is 14.4. The zero-order valence-electron chi connectivity index (χ0n) is 21.6. The third kappa shape index (κ3) is 5.69. The Kier molecular flexibility index (Phi) is 7.38. The maximum absolute atomic E-state index is 13.4. The van der Waals surface area contributed by atoms with Crippen LogP contribution in [-0.4, -0.2) is 30.9 Å². The van der Waals surface area contributed by atoms with Crippen molar-refractivity contribution in [3.05, 3.63) is 82.4 Å². The van der Waals surface area contributed by atoms with E-state index in [4.69, 9.17) is 19.9 Å². The SMILES string of the molecule is CCOC(=O)C1=C(N)OC2=C(C(=O)CC(C)(C)C2)C1c1ccccc1OCC(=O)Nc1cccc(C)c1. The summed E-state index contributed by atoms with van der Waals surface area (Å²) in [6.45, 7) is 7.46. The van der Waals surface area contributed by atoms with Crippen molar-refractivity contribution >= 4 is 23.3 Å². The Bertz CT molecular complexity index is 1310. The molecule has 0 spiro atoms. The van der Waals surface area contributed by atoms with Crippen LogP contribution in [0.15, 0.2) is 71.3 Å². The summed E-state index contributed by atoms with van der Waals surface area (Å²) in [4.78, 5) is 39.1. The Morgan fingerprint density at radius 1 is 1.14 bits per heavy atom. The lowest BCUT2D eigenvalue weighted by Crippen LogP contribution is -2.36. The number of esters is 1. The fourth-order valence-electron chi connectivity index (χ4n) is 4.82. The minimum atomic E-state index is -0.845. The second-order valence-corrected chi connectivity index (χ2v) is 10.1. The highest BCUT2D eigenvalue weighted by atomic mass is 16.5. The van der Waals surface area contributed by atoms with Crippen molar-refractivity contribution in [3.8, 4) is 5.75 Å². The molecule has 8 heteroatoms. The number of anilines is 1. The van der Waals surface area contributed by atoms with Gasteiger partial charge in [0, 0.05) is 29.7 Å². The minimum absolute atomic E-state index is 0.0499. The van der Waals surface area contributed by atoms with Crippen LogP contribution in [0.2, 0.25) is 0 Å². The molecule has 2 aliphatic rings. The van der Waals surface area contributed by atoms with Crippen LogP contribution in [0.1, 0.15) is 50.7 Å². The number of carbonyl (C=O) groups is 3. The van der Waals surface area contributed by atoms with Crippen molar-refractivity contribution in [3.63, 3.8) is 0 Å². The molecule has 3 N–H and O–H groups in total. The zero-order valence-corrected chi connectivity index (χ0v) is 21.6. The number of aryl methyl sites for hydroxylation is 1. The topological polar surface area (TPSA) is 117 Å². The second-order valence-electron chi connectivity index (χ2n) is 10.1. The van der Waals surface area contributed by atoms with Gasteiger partial charge in [0.1, 0.15) is 17.1 Å². The van der Waals surface area contributed by atoms with E-state index >= 15 is 0 Å². The number of nitrogens with two attached hydrogens (primary N) is 1. The van der Waals surface area contributed by atoms with Gasteiger partial charge in [-0.1, -0.05) is 44.2 Å². The number of Topliss-reactive ketones (excluding diaryl/α,β-unsaturated/α-hetero) is 1. The maximum atomic E-state index is 13.4. The van der Waals surface area contributed by atoms with E-state index in [0.29, 0.717) is 41.2 Å². The Balaban J connectivity index is 1.69. The van der Waals surface area contributed by atoms with Crippen LogP contribution in [0.3, 0.4) is 0 Å². The molecule has 2 aromatic carbocycles. The fourth-order valence-corrected chi connectivity index (χ4v) is 4.82. The number of carbonyl (C=O) groups excluding carboxylic acids is 3. The number of para-hydroxylation sites is 1. The van der Waals surface area contributed by atoms with Gasteiger partial charge in [-0.2, -0.15) is 0 Å². The Labute approximate surface area is 216 Å². The van der Waals surface area contributed by atoms with Crippen LogP contribution in [0.25, 0.3) is 0 Å². The molecule has 1 heterocycles. The highest BCUT2D eigenvalue weighted by Crippen LogP contribution is 2.49. The molecule has 4 rings (SSSR count). The highest BCUT2D eigenvalue weighted by molar-refractivity contribution is 6.04. The molecule has 1 aliphatic carbocycles. The molecule has 0 bridgehead atoms. The number of ketones is 1. The quantitative estimate of drug-likeness (QED) is 0.533. The first-order chi connectivity index (χ1) is 17.6. The van der Waals surface area contributed by atoms with Gasteiger partial charge in [-0.25, -0.2) is 4.79 Å². The number of benzene rings is 2. The van der Waals surface area contributed by atoms with Gasteiger partial charge in [0.15, 0.2) is 12.4 Å². The number of hydrogen-bond acceptors (Lipinski definition) is 7. The number of ether oxygens (including phenoxy) is 3. The summed E-state index contributed by atoms with van der Waals surface area (Å²) in [6.07, 6.45) is 0.785. The average Bonchev–Trinajstić information content (AvgIpc) is 2.81. The number of hydrogen-bond donors (Lipinski definition) is 2. The summed E-state index contributed by atoms with van der Waals surface area (Å²) < 4.78 is 17.1. The predicted molar refractivity (Wildman–Crippen MR) is 138 cm³/mol. The molecule has 1 atom stereocenters. The van der Waals surface area contributed by atoms with E-state index in [1.165, 1.54) is 0 Å². The van der Waals surface area contributed by atoms with Gasteiger partial charge in [0.25, 0.3) is 5.91 Å². The van der Waals surface area contributed by atoms with Crippen LogP contribution < -0.4 is 15.8 Å². The van der Waals surface area contributed by atoms with Gasteiger partial charge in [-0.15, -0.1) is 0 Å². The van der Waals surface area contributed by atoms with Crippen molar-refractivity contribution in [2.75, 3.05) is 18.5 Å². The molecule has 0 aromatic heterocycles. The largest absolute Gasteiger partial charge is 0.483 e. The van der Waals surface area contributed by atoms with Crippen molar-refractivity contribution in [2.45, 2.75) is 46.5 Å². The molecule has 2 aromatic rings. The first-order valence-electron chi connectivity index (χ1n) is 12.3. The van der Waals surface area contributed by atoms with Crippen LogP contribution in [-0.2, 0) is 23.9 Å². The average molecular weight is 505 g/mol. The maximum Gasteiger partial charge on any atom is 0.340 e. The molecule has 37 heavy (non-hydrogen) atoms. The Hall–Kier alpha value is -4.07. The summed E-state index contributed by atoms with van der Waals surface area (Å²) in [5, 5.41) is 2.81. The van der Waals surface area contributed by atoms with Gasteiger partial charge in [0.2, 0.25) is 5.88 Å². The van der Waals surface area contributed by atoms with E-state index in [1.54, 1.807) is 37.3 Å². The monoisotopic (exact) mass is 504 g/mol. The third-order valence-electron chi connectivity index (χ3n) is 6.34. The predicted octanol–water partition coefficient (Wildman–Crippen LogP) is 4.50.